The molecule has 0 aromatic rings. The summed E-state index contributed by atoms with van der Waals surface area (Å²) in [5.41, 5.74) is 0. The fraction of sp³-hybridized carbons (Fsp3) is 1.00. The van der Waals surface area contributed by atoms with Gasteiger partial charge in [0.05, 0.1) is 19.1 Å². The fourth-order valence-electron chi connectivity index (χ4n) is 1.60. The van der Waals surface area contributed by atoms with Crippen LogP contribution in [0.1, 0.15) is 41.5 Å². The summed E-state index contributed by atoms with van der Waals surface area (Å²) in [5, 5.41) is 0. The van der Waals surface area contributed by atoms with E-state index in [0.717, 1.165) is 17.9 Å². The van der Waals surface area contributed by atoms with Crippen LogP contribution in [0.4, 0.5) is 0 Å². The van der Waals surface area contributed by atoms with Gasteiger partial charge in [0.1, 0.15) is 0 Å². The molecule has 1 nitrogen and oxygen atoms in total. The highest BCUT2D eigenvalue weighted by Gasteiger charge is 2.15. The van der Waals surface area contributed by atoms with Gasteiger partial charge in [0, 0.05) is 11.8 Å². The maximum Gasteiger partial charge on any atom is 0.0817 e. The topological polar surface area (TPSA) is 4.44 Å². The molecule has 0 fully saturated rings. The maximum absolute atomic E-state index is 2.32. The molecule has 1 heteroatoms. The van der Waals surface area contributed by atoms with E-state index in [1.54, 1.807) is 4.90 Å². The fourth-order valence-corrected chi connectivity index (χ4v) is 1.60. The molecule has 0 spiro atoms. The third-order valence-corrected chi connectivity index (χ3v) is 2.16. The highest BCUT2D eigenvalue weighted by atomic mass is 15.1. The van der Waals surface area contributed by atoms with Crippen molar-refractivity contribution >= 4 is 0 Å². The third kappa shape index (κ3) is 5.59. The molecular formula is C11H26N+. The standard InChI is InChI=1S/C11H25N/c1-9(2)7-12(11(5)6)8-10(3)4/h9-11H,7-8H2,1-6H3/p+1. The van der Waals surface area contributed by atoms with Gasteiger partial charge in [0.25, 0.3) is 0 Å². The van der Waals surface area contributed by atoms with Crippen LogP contribution in [0.5, 0.6) is 0 Å². The zero-order valence-electron chi connectivity index (χ0n) is 9.65. The zero-order valence-corrected chi connectivity index (χ0v) is 9.65. The molecule has 0 aliphatic carbocycles. The first-order valence-corrected chi connectivity index (χ1v) is 5.28. The lowest BCUT2D eigenvalue weighted by molar-refractivity contribution is -0.927. The second kappa shape index (κ2) is 5.58. The molecule has 0 aliphatic heterocycles. The molecule has 0 bridgehead atoms. The Hall–Kier alpha value is -0.0400. The first-order chi connectivity index (χ1) is 5.43. The van der Waals surface area contributed by atoms with Crippen LogP contribution in [-0.2, 0) is 0 Å². The number of quaternary nitrogens is 1. The van der Waals surface area contributed by atoms with Gasteiger partial charge in [0.15, 0.2) is 0 Å². The summed E-state index contributed by atoms with van der Waals surface area (Å²) in [6.07, 6.45) is 0. The smallest absolute Gasteiger partial charge is 0.0817 e. The highest BCUT2D eigenvalue weighted by molar-refractivity contribution is 4.45. The second-order valence-electron chi connectivity index (χ2n) is 5.01. The Kier molecular flexibility index (Phi) is 5.56. The van der Waals surface area contributed by atoms with Gasteiger partial charge in [-0.3, -0.25) is 0 Å². The SMILES string of the molecule is CC(C)C[NH+](CC(C)C)C(C)C. The lowest BCUT2D eigenvalue weighted by atomic mass is 10.1. The summed E-state index contributed by atoms with van der Waals surface area (Å²) in [6, 6.07) is 0.773. The average molecular weight is 172 g/mol. The van der Waals surface area contributed by atoms with Crippen molar-refractivity contribution in [3.8, 4) is 0 Å². The van der Waals surface area contributed by atoms with Crippen LogP contribution in [0.3, 0.4) is 0 Å². The molecular weight excluding hydrogens is 146 g/mol. The number of rotatable bonds is 5. The summed E-state index contributed by atoms with van der Waals surface area (Å²) in [7, 11) is 0. The maximum atomic E-state index is 2.32. The van der Waals surface area contributed by atoms with E-state index in [9.17, 15) is 0 Å². The van der Waals surface area contributed by atoms with E-state index in [-0.39, 0.29) is 0 Å². The monoisotopic (exact) mass is 172 g/mol. The summed E-state index contributed by atoms with van der Waals surface area (Å²) in [4.78, 5) is 1.75. The Bertz CT molecular complexity index is 95.6. The van der Waals surface area contributed by atoms with Crippen LogP contribution in [-0.4, -0.2) is 19.1 Å². The summed E-state index contributed by atoms with van der Waals surface area (Å²) < 4.78 is 0. The molecule has 0 heterocycles. The summed E-state index contributed by atoms with van der Waals surface area (Å²) >= 11 is 0. The normalized spacial score (nSPS) is 12.5. The van der Waals surface area contributed by atoms with Crippen molar-refractivity contribution in [2.24, 2.45) is 11.8 Å². The van der Waals surface area contributed by atoms with E-state index in [1.165, 1.54) is 13.1 Å². The van der Waals surface area contributed by atoms with Gasteiger partial charge in [-0.05, 0) is 13.8 Å². The Morgan fingerprint density at radius 1 is 0.750 bits per heavy atom. The average Bonchev–Trinajstić information content (AvgIpc) is 1.83. The van der Waals surface area contributed by atoms with E-state index < -0.39 is 0 Å². The predicted molar refractivity (Wildman–Crippen MR) is 55.5 cm³/mol. The molecule has 0 saturated carbocycles. The quantitative estimate of drug-likeness (QED) is 0.642. The Labute approximate surface area is 78.1 Å². The Balaban J connectivity index is 3.87. The summed E-state index contributed by atoms with van der Waals surface area (Å²) in [5.74, 6) is 1.64. The Morgan fingerprint density at radius 3 is 1.25 bits per heavy atom. The van der Waals surface area contributed by atoms with E-state index in [1.807, 2.05) is 0 Å². The first kappa shape index (κ1) is 12.0. The van der Waals surface area contributed by atoms with E-state index in [0.29, 0.717) is 0 Å². The molecule has 0 aliphatic rings. The van der Waals surface area contributed by atoms with Crippen LogP contribution in [0, 0.1) is 11.8 Å². The number of hydrogen-bond acceptors (Lipinski definition) is 0. The van der Waals surface area contributed by atoms with Crippen LogP contribution in [0.2, 0.25) is 0 Å². The molecule has 0 aromatic heterocycles. The molecule has 0 unspecified atom stereocenters. The lowest BCUT2D eigenvalue weighted by Gasteiger charge is -2.26. The largest absolute Gasteiger partial charge is 0.333 e. The molecule has 0 aromatic carbocycles. The minimum Gasteiger partial charge on any atom is -0.333 e. The minimum absolute atomic E-state index is 0.773. The zero-order chi connectivity index (χ0) is 9.72. The summed E-state index contributed by atoms with van der Waals surface area (Å²) in [6.45, 7) is 16.5. The molecule has 0 amide bonds. The highest BCUT2D eigenvalue weighted by Crippen LogP contribution is 1.89. The van der Waals surface area contributed by atoms with Crippen molar-refractivity contribution in [1.82, 2.24) is 0 Å². The third-order valence-electron chi connectivity index (χ3n) is 2.16. The molecule has 0 saturated heterocycles. The van der Waals surface area contributed by atoms with Crippen molar-refractivity contribution in [2.75, 3.05) is 13.1 Å². The molecule has 0 atom stereocenters. The van der Waals surface area contributed by atoms with Crippen LogP contribution < -0.4 is 4.90 Å². The van der Waals surface area contributed by atoms with Gasteiger partial charge >= 0.3 is 0 Å². The van der Waals surface area contributed by atoms with Crippen molar-refractivity contribution in [3.05, 3.63) is 0 Å². The van der Waals surface area contributed by atoms with Crippen molar-refractivity contribution in [2.45, 2.75) is 47.6 Å². The van der Waals surface area contributed by atoms with Crippen LogP contribution in [0.15, 0.2) is 0 Å². The van der Waals surface area contributed by atoms with E-state index in [4.69, 9.17) is 0 Å². The molecule has 0 radical (unpaired) electrons. The number of nitrogens with one attached hydrogen (secondary N) is 1. The van der Waals surface area contributed by atoms with Crippen molar-refractivity contribution in [1.29, 1.82) is 0 Å². The van der Waals surface area contributed by atoms with E-state index in [2.05, 4.69) is 41.5 Å². The second-order valence-corrected chi connectivity index (χ2v) is 5.01. The predicted octanol–water partition coefficient (Wildman–Crippen LogP) is 1.59. The van der Waals surface area contributed by atoms with Crippen LogP contribution >= 0.6 is 0 Å². The Morgan fingerprint density at radius 2 is 1.08 bits per heavy atom. The van der Waals surface area contributed by atoms with Gasteiger partial charge in [0.2, 0.25) is 0 Å². The molecule has 12 heavy (non-hydrogen) atoms. The van der Waals surface area contributed by atoms with Gasteiger partial charge in [-0.15, -0.1) is 0 Å². The van der Waals surface area contributed by atoms with Crippen LogP contribution in [0.25, 0.3) is 0 Å². The van der Waals surface area contributed by atoms with Gasteiger partial charge in [-0.1, -0.05) is 27.7 Å². The van der Waals surface area contributed by atoms with Crippen molar-refractivity contribution in [3.63, 3.8) is 0 Å². The lowest BCUT2D eigenvalue weighted by Crippen LogP contribution is -3.16. The minimum atomic E-state index is 0.773. The number of hydrogen-bond donors (Lipinski definition) is 1. The van der Waals surface area contributed by atoms with Gasteiger partial charge < -0.3 is 4.90 Å². The molecule has 1 N–H and O–H groups in total. The van der Waals surface area contributed by atoms with Gasteiger partial charge in [-0.2, -0.15) is 0 Å². The first-order valence-electron chi connectivity index (χ1n) is 5.28. The van der Waals surface area contributed by atoms with Crippen molar-refractivity contribution < 1.29 is 4.90 Å². The van der Waals surface area contributed by atoms with E-state index >= 15 is 0 Å². The molecule has 0 rings (SSSR count). The molecule has 74 valence electrons. The van der Waals surface area contributed by atoms with Gasteiger partial charge in [-0.25, -0.2) is 0 Å².